The topological polar surface area (TPSA) is 75.4 Å². The molecule has 0 unspecified atom stereocenters. The molecule has 0 aromatic carbocycles. The van der Waals surface area contributed by atoms with Crippen molar-refractivity contribution in [3.8, 4) is 0 Å². The average Bonchev–Trinajstić information content (AvgIpc) is 2.04. The number of hydrogen-bond acceptors (Lipinski definition) is 3. The molecule has 0 fully saturated rings. The van der Waals surface area contributed by atoms with E-state index in [1.54, 1.807) is 27.7 Å². The maximum atomic E-state index is 11.7. The number of nitrogens with zero attached hydrogens (tertiary/aromatic N) is 1. The maximum Gasteiger partial charge on any atom is 0.279 e. The minimum Gasteiger partial charge on any atom is -0.329 e. The van der Waals surface area contributed by atoms with Gasteiger partial charge in [0, 0.05) is 25.2 Å². The fourth-order valence-corrected chi connectivity index (χ4v) is 2.61. The van der Waals surface area contributed by atoms with Gasteiger partial charge in [0.2, 0.25) is 0 Å². The van der Waals surface area contributed by atoms with Crippen LogP contribution >= 0.6 is 0 Å². The van der Waals surface area contributed by atoms with Crippen LogP contribution in [0.1, 0.15) is 27.7 Å². The molecule has 5 nitrogen and oxygen atoms in total. The van der Waals surface area contributed by atoms with Crippen molar-refractivity contribution in [3.63, 3.8) is 0 Å². The van der Waals surface area contributed by atoms with Crippen LogP contribution in [0.4, 0.5) is 0 Å². The van der Waals surface area contributed by atoms with E-state index in [-0.39, 0.29) is 6.54 Å². The van der Waals surface area contributed by atoms with Gasteiger partial charge in [-0.1, -0.05) is 13.8 Å². The Labute approximate surface area is 86.8 Å². The molecule has 0 rings (SSSR count). The summed E-state index contributed by atoms with van der Waals surface area (Å²) in [7, 11) is -3.39. The molecule has 0 aliphatic rings. The lowest BCUT2D eigenvalue weighted by Crippen LogP contribution is -2.53. The molecule has 0 aromatic heterocycles. The number of rotatable bonds is 6. The second kappa shape index (κ2) is 5.06. The second-order valence-corrected chi connectivity index (χ2v) is 5.45. The normalized spacial score (nSPS) is 13.6. The van der Waals surface area contributed by atoms with Gasteiger partial charge in [-0.15, -0.1) is 0 Å². The molecule has 0 spiro atoms. The van der Waals surface area contributed by atoms with Gasteiger partial charge in [-0.2, -0.15) is 17.4 Å². The Balaban J connectivity index is 4.64. The van der Waals surface area contributed by atoms with Crippen LogP contribution in [-0.4, -0.2) is 37.9 Å². The summed E-state index contributed by atoms with van der Waals surface area (Å²) in [5.74, 6) is 0. The van der Waals surface area contributed by atoms with E-state index >= 15 is 0 Å². The molecule has 0 saturated carbocycles. The molecule has 6 heteroatoms. The van der Waals surface area contributed by atoms with Crippen LogP contribution in [0.15, 0.2) is 0 Å². The third kappa shape index (κ3) is 3.91. The van der Waals surface area contributed by atoms with E-state index in [1.165, 1.54) is 4.31 Å². The Bertz CT molecular complexity index is 258. The fourth-order valence-electron chi connectivity index (χ4n) is 1.02. The molecule has 14 heavy (non-hydrogen) atoms. The first-order chi connectivity index (χ1) is 6.29. The summed E-state index contributed by atoms with van der Waals surface area (Å²) in [6.45, 7) is 8.32. The van der Waals surface area contributed by atoms with Crippen molar-refractivity contribution in [2.45, 2.75) is 33.2 Å². The Hall–Kier alpha value is -0.170. The third-order valence-electron chi connectivity index (χ3n) is 1.96. The van der Waals surface area contributed by atoms with Crippen LogP contribution in [0.2, 0.25) is 0 Å². The van der Waals surface area contributed by atoms with E-state index in [4.69, 9.17) is 5.73 Å². The quantitative estimate of drug-likeness (QED) is 0.660. The SMILES string of the molecule is CCN(CC)S(=O)(=O)NC(C)(C)CN. The summed E-state index contributed by atoms with van der Waals surface area (Å²) >= 11 is 0. The molecule has 0 bridgehead atoms. The highest BCUT2D eigenvalue weighted by atomic mass is 32.2. The largest absolute Gasteiger partial charge is 0.329 e. The van der Waals surface area contributed by atoms with Gasteiger partial charge in [0.15, 0.2) is 0 Å². The minimum absolute atomic E-state index is 0.271. The zero-order chi connectivity index (χ0) is 11.4. The molecule has 0 aliphatic carbocycles. The van der Waals surface area contributed by atoms with Crippen LogP contribution < -0.4 is 10.5 Å². The lowest BCUT2D eigenvalue weighted by Gasteiger charge is -2.28. The van der Waals surface area contributed by atoms with Crippen molar-refractivity contribution in [1.82, 2.24) is 9.03 Å². The summed E-state index contributed by atoms with van der Waals surface area (Å²) in [6, 6.07) is 0. The minimum atomic E-state index is -3.39. The Kier molecular flexibility index (Phi) is 5.00. The summed E-state index contributed by atoms with van der Waals surface area (Å²) in [6.07, 6.45) is 0. The van der Waals surface area contributed by atoms with Crippen molar-refractivity contribution in [2.75, 3.05) is 19.6 Å². The molecule has 86 valence electrons. The predicted octanol–water partition coefficient (Wildman–Crippen LogP) is -0.100. The molecule has 0 atom stereocenters. The van der Waals surface area contributed by atoms with Crippen LogP contribution in [0.3, 0.4) is 0 Å². The van der Waals surface area contributed by atoms with Gasteiger partial charge in [0.1, 0.15) is 0 Å². The third-order valence-corrected chi connectivity index (χ3v) is 3.97. The van der Waals surface area contributed by atoms with E-state index < -0.39 is 15.7 Å². The second-order valence-electron chi connectivity index (χ2n) is 3.78. The zero-order valence-corrected chi connectivity index (χ0v) is 10.2. The highest BCUT2D eigenvalue weighted by molar-refractivity contribution is 7.87. The Morgan fingerprint density at radius 1 is 1.29 bits per heavy atom. The van der Waals surface area contributed by atoms with Gasteiger partial charge in [-0.25, -0.2) is 0 Å². The van der Waals surface area contributed by atoms with Gasteiger partial charge >= 0.3 is 0 Å². The highest BCUT2D eigenvalue weighted by Crippen LogP contribution is 2.05. The first-order valence-electron chi connectivity index (χ1n) is 4.78. The van der Waals surface area contributed by atoms with E-state index in [2.05, 4.69) is 4.72 Å². The van der Waals surface area contributed by atoms with E-state index in [0.717, 1.165) is 0 Å². The molecule has 0 heterocycles. The van der Waals surface area contributed by atoms with E-state index in [1.807, 2.05) is 0 Å². The lowest BCUT2D eigenvalue weighted by atomic mass is 10.1. The van der Waals surface area contributed by atoms with Gasteiger partial charge in [-0.3, -0.25) is 0 Å². The summed E-state index contributed by atoms with van der Waals surface area (Å²) in [4.78, 5) is 0. The first kappa shape index (κ1) is 13.8. The van der Waals surface area contributed by atoms with Crippen molar-refractivity contribution in [1.29, 1.82) is 0 Å². The van der Waals surface area contributed by atoms with Gasteiger partial charge < -0.3 is 5.73 Å². The van der Waals surface area contributed by atoms with Gasteiger partial charge in [0.05, 0.1) is 0 Å². The van der Waals surface area contributed by atoms with Crippen LogP contribution in [0, 0.1) is 0 Å². The highest BCUT2D eigenvalue weighted by Gasteiger charge is 2.26. The fraction of sp³-hybridized carbons (Fsp3) is 1.00. The molecular weight excluding hydrogens is 202 g/mol. The summed E-state index contributed by atoms with van der Waals surface area (Å²) in [5, 5.41) is 0. The maximum absolute atomic E-state index is 11.7. The van der Waals surface area contributed by atoms with Crippen molar-refractivity contribution in [3.05, 3.63) is 0 Å². The lowest BCUT2D eigenvalue weighted by molar-refractivity contribution is 0.398. The van der Waals surface area contributed by atoms with Crippen LogP contribution in [0.5, 0.6) is 0 Å². The molecule has 0 amide bonds. The van der Waals surface area contributed by atoms with Crippen molar-refractivity contribution in [2.24, 2.45) is 5.73 Å². The smallest absolute Gasteiger partial charge is 0.279 e. The van der Waals surface area contributed by atoms with Gasteiger partial charge in [-0.05, 0) is 13.8 Å². The summed E-state index contributed by atoms with van der Waals surface area (Å²) in [5.41, 5.74) is 4.86. The van der Waals surface area contributed by atoms with Crippen LogP contribution in [0.25, 0.3) is 0 Å². The first-order valence-corrected chi connectivity index (χ1v) is 6.22. The molecule has 0 radical (unpaired) electrons. The predicted molar refractivity (Wildman–Crippen MR) is 58.1 cm³/mol. The molecule has 0 saturated heterocycles. The Morgan fingerprint density at radius 2 is 1.71 bits per heavy atom. The van der Waals surface area contributed by atoms with Crippen molar-refractivity contribution >= 4 is 10.2 Å². The molecule has 0 aromatic rings. The molecule has 3 N–H and O–H groups in total. The number of nitrogens with one attached hydrogen (secondary N) is 1. The van der Waals surface area contributed by atoms with E-state index in [0.29, 0.717) is 13.1 Å². The summed E-state index contributed by atoms with van der Waals surface area (Å²) < 4.78 is 27.4. The molecule has 0 aliphatic heterocycles. The van der Waals surface area contributed by atoms with Crippen molar-refractivity contribution < 1.29 is 8.42 Å². The standard InChI is InChI=1S/C8H21N3O2S/c1-5-11(6-2)14(12,13)10-8(3,4)7-9/h10H,5-7,9H2,1-4H3. The molecular formula is C8H21N3O2S. The zero-order valence-electron chi connectivity index (χ0n) is 9.37. The Morgan fingerprint density at radius 3 is 2.00 bits per heavy atom. The van der Waals surface area contributed by atoms with Crippen LogP contribution in [-0.2, 0) is 10.2 Å². The van der Waals surface area contributed by atoms with E-state index in [9.17, 15) is 8.42 Å². The monoisotopic (exact) mass is 223 g/mol. The average molecular weight is 223 g/mol. The number of hydrogen-bond donors (Lipinski definition) is 2. The van der Waals surface area contributed by atoms with Gasteiger partial charge in [0.25, 0.3) is 10.2 Å². The number of nitrogens with two attached hydrogens (primary N) is 1.